The van der Waals surface area contributed by atoms with E-state index in [1.807, 2.05) is 6.07 Å². The number of rotatable bonds is 4. The van der Waals surface area contributed by atoms with Gasteiger partial charge in [-0.3, -0.25) is 0 Å². The van der Waals surface area contributed by atoms with Crippen molar-refractivity contribution in [3.63, 3.8) is 0 Å². The number of nitrogens with two attached hydrogens (primary N) is 1. The van der Waals surface area contributed by atoms with Crippen molar-refractivity contribution >= 4 is 15.9 Å². The van der Waals surface area contributed by atoms with Crippen LogP contribution in [-0.4, -0.2) is 19.8 Å². The molecule has 0 radical (unpaired) electrons. The van der Waals surface area contributed by atoms with E-state index in [9.17, 15) is 0 Å². The first-order valence-electron chi connectivity index (χ1n) is 5.60. The molecule has 1 aliphatic rings. The van der Waals surface area contributed by atoms with Crippen LogP contribution in [-0.2, 0) is 6.42 Å². The minimum atomic E-state index is 0.623. The molecule has 1 aliphatic heterocycles. The Balaban J connectivity index is 2.14. The molecule has 0 amide bonds. The van der Waals surface area contributed by atoms with Gasteiger partial charge in [0.15, 0.2) is 11.5 Å². The lowest BCUT2D eigenvalue weighted by Crippen LogP contribution is -2.16. The molecule has 88 valence electrons. The van der Waals surface area contributed by atoms with E-state index in [1.54, 1.807) is 0 Å². The zero-order valence-corrected chi connectivity index (χ0v) is 10.8. The molecule has 0 saturated heterocycles. The van der Waals surface area contributed by atoms with Gasteiger partial charge < -0.3 is 15.2 Å². The third-order valence-corrected chi connectivity index (χ3v) is 3.50. The summed E-state index contributed by atoms with van der Waals surface area (Å²) in [4.78, 5) is 0. The summed E-state index contributed by atoms with van der Waals surface area (Å²) in [5.41, 5.74) is 6.75. The molecule has 0 saturated carbocycles. The molecule has 4 heteroatoms. The predicted octanol–water partition coefficient (Wildman–Crippen LogP) is 2.50. The summed E-state index contributed by atoms with van der Waals surface area (Å²) >= 11 is 3.58. The van der Waals surface area contributed by atoms with Crippen molar-refractivity contribution in [1.82, 2.24) is 0 Å². The summed E-state index contributed by atoms with van der Waals surface area (Å²) in [6.45, 7) is 2.01. The highest BCUT2D eigenvalue weighted by molar-refractivity contribution is 9.10. The molecule has 0 spiro atoms. The lowest BCUT2D eigenvalue weighted by molar-refractivity contribution is 0.170. The Morgan fingerprint density at radius 2 is 2.00 bits per heavy atom. The van der Waals surface area contributed by atoms with Crippen LogP contribution in [0.3, 0.4) is 0 Å². The Morgan fingerprint density at radius 1 is 1.19 bits per heavy atom. The third kappa shape index (κ3) is 2.50. The highest BCUT2D eigenvalue weighted by atomic mass is 79.9. The Kier molecular flexibility index (Phi) is 4.07. The van der Waals surface area contributed by atoms with Crippen LogP contribution < -0.4 is 15.2 Å². The molecule has 1 aromatic rings. The van der Waals surface area contributed by atoms with E-state index in [4.69, 9.17) is 15.2 Å². The highest BCUT2D eigenvalue weighted by Gasteiger charge is 2.17. The molecular formula is C12H16BrNO2. The second-order valence-corrected chi connectivity index (χ2v) is 4.60. The summed E-state index contributed by atoms with van der Waals surface area (Å²) in [5, 5.41) is 0. The van der Waals surface area contributed by atoms with E-state index in [0.29, 0.717) is 13.2 Å². The Morgan fingerprint density at radius 3 is 2.81 bits per heavy atom. The fourth-order valence-electron chi connectivity index (χ4n) is 1.78. The zero-order valence-electron chi connectivity index (χ0n) is 9.17. The first-order valence-corrected chi connectivity index (χ1v) is 6.39. The van der Waals surface area contributed by atoms with Crippen molar-refractivity contribution in [2.75, 3.05) is 19.8 Å². The minimum absolute atomic E-state index is 0.623. The molecule has 0 atom stereocenters. The summed E-state index contributed by atoms with van der Waals surface area (Å²) in [6.07, 6.45) is 3.18. The van der Waals surface area contributed by atoms with Crippen LogP contribution in [0.25, 0.3) is 0 Å². The van der Waals surface area contributed by atoms with Gasteiger partial charge in [-0.1, -0.05) is 6.07 Å². The number of hydrogen-bond acceptors (Lipinski definition) is 3. The Bertz CT molecular complexity index is 368. The lowest BCUT2D eigenvalue weighted by atomic mass is 10.1. The van der Waals surface area contributed by atoms with Gasteiger partial charge in [0.1, 0.15) is 13.2 Å². The van der Waals surface area contributed by atoms with Gasteiger partial charge in [0.25, 0.3) is 0 Å². The summed E-state index contributed by atoms with van der Waals surface area (Å²) < 4.78 is 12.1. The fourth-order valence-corrected chi connectivity index (χ4v) is 2.42. The zero-order chi connectivity index (χ0) is 11.4. The average molecular weight is 286 g/mol. The molecule has 2 rings (SSSR count). The fraction of sp³-hybridized carbons (Fsp3) is 0.500. The van der Waals surface area contributed by atoms with E-state index in [0.717, 1.165) is 41.8 Å². The number of unbranched alkanes of at least 4 members (excludes halogenated alkanes) is 1. The van der Waals surface area contributed by atoms with Crippen molar-refractivity contribution in [3.05, 3.63) is 22.2 Å². The molecule has 0 aliphatic carbocycles. The Labute approximate surface area is 104 Å². The van der Waals surface area contributed by atoms with Gasteiger partial charge in [-0.25, -0.2) is 0 Å². The second kappa shape index (κ2) is 5.55. The SMILES string of the molecule is NCCCCc1ccc2c(c1Br)OCCO2. The van der Waals surface area contributed by atoms with E-state index in [2.05, 4.69) is 22.0 Å². The summed E-state index contributed by atoms with van der Waals surface area (Å²) in [7, 11) is 0. The van der Waals surface area contributed by atoms with Crippen LogP contribution in [0, 0.1) is 0 Å². The quantitative estimate of drug-likeness (QED) is 0.865. The normalized spacial score (nSPS) is 13.9. The number of ether oxygens (including phenoxy) is 2. The molecule has 3 nitrogen and oxygen atoms in total. The van der Waals surface area contributed by atoms with Gasteiger partial charge in [0, 0.05) is 0 Å². The van der Waals surface area contributed by atoms with Crippen LogP contribution in [0.1, 0.15) is 18.4 Å². The first kappa shape index (κ1) is 11.7. The summed E-state index contributed by atoms with van der Waals surface area (Å²) in [6, 6.07) is 4.07. The number of hydrogen-bond donors (Lipinski definition) is 1. The molecular weight excluding hydrogens is 270 g/mol. The molecule has 1 aromatic carbocycles. The molecule has 0 fully saturated rings. The number of benzene rings is 1. The standard InChI is InChI=1S/C12H16BrNO2/c13-11-9(3-1-2-6-14)4-5-10-12(11)16-8-7-15-10/h4-5H,1-3,6-8,14H2. The maximum Gasteiger partial charge on any atom is 0.175 e. The molecule has 2 N–H and O–H groups in total. The second-order valence-electron chi connectivity index (χ2n) is 3.81. The van der Waals surface area contributed by atoms with E-state index >= 15 is 0 Å². The van der Waals surface area contributed by atoms with Gasteiger partial charge in [-0.05, 0) is 53.4 Å². The van der Waals surface area contributed by atoms with Crippen LogP contribution in [0.15, 0.2) is 16.6 Å². The van der Waals surface area contributed by atoms with Gasteiger partial charge in [-0.15, -0.1) is 0 Å². The lowest BCUT2D eigenvalue weighted by Gasteiger charge is -2.20. The third-order valence-electron chi connectivity index (χ3n) is 2.63. The van der Waals surface area contributed by atoms with Crippen LogP contribution in [0.2, 0.25) is 0 Å². The van der Waals surface area contributed by atoms with E-state index in [1.165, 1.54) is 5.56 Å². The van der Waals surface area contributed by atoms with Gasteiger partial charge in [-0.2, -0.15) is 0 Å². The average Bonchev–Trinajstić information content (AvgIpc) is 2.33. The first-order chi connectivity index (χ1) is 7.83. The van der Waals surface area contributed by atoms with Crippen molar-refractivity contribution in [2.45, 2.75) is 19.3 Å². The summed E-state index contributed by atoms with van der Waals surface area (Å²) in [5.74, 6) is 1.68. The Hall–Kier alpha value is -0.740. The highest BCUT2D eigenvalue weighted by Crippen LogP contribution is 2.39. The number of fused-ring (bicyclic) bond motifs is 1. The molecule has 0 bridgehead atoms. The van der Waals surface area contributed by atoms with Crippen molar-refractivity contribution in [2.24, 2.45) is 5.73 Å². The van der Waals surface area contributed by atoms with Crippen LogP contribution in [0.4, 0.5) is 0 Å². The maximum absolute atomic E-state index is 5.60. The monoisotopic (exact) mass is 285 g/mol. The maximum atomic E-state index is 5.60. The van der Waals surface area contributed by atoms with Crippen molar-refractivity contribution in [1.29, 1.82) is 0 Å². The van der Waals surface area contributed by atoms with Crippen LogP contribution >= 0.6 is 15.9 Å². The molecule has 16 heavy (non-hydrogen) atoms. The van der Waals surface area contributed by atoms with Gasteiger partial charge in [0.05, 0.1) is 4.47 Å². The van der Waals surface area contributed by atoms with Crippen molar-refractivity contribution in [3.8, 4) is 11.5 Å². The predicted molar refractivity (Wildman–Crippen MR) is 67.1 cm³/mol. The largest absolute Gasteiger partial charge is 0.486 e. The van der Waals surface area contributed by atoms with E-state index < -0.39 is 0 Å². The van der Waals surface area contributed by atoms with E-state index in [-0.39, 0.29) is 0 Å². The molecule has 1 heterocycles. The van der Waals surface area contributed by atoms with Gasteiger partial charge >= 0.3 is 0 Å². The molecule has 0 unspecified atom stereocenters. The number of halogens is 1. The number of aryl methyl sites for hydroxylation is 1. The van der Waals surface area contributed by atoms with Crippen molar-refractivity contribution < 1.29 is 9.47 Å². The van der Waals surface area contributed by atoms with Crippen LogP contribution in [0.5, 0.6) is 11.5 Å². The molecule has 0 aromatic heterocycles. The minimum Gasteiger partial charge on any atom is -0.486 e. The topological polar surface area (TPSA) is 44.5 Å². The smallest absolute Gasteiger partial charge is 0.175 e. The van der Waals surface area contributed by atoms with Gasteiger partial charge in [0.2, 0.25) is 0 Å².